The van der Waals surface area contributed by atoms with Gasteiger partial charge in [-0.15, -0.1) is 0 Å². The van der Waals surface area contributed by atoms with Gasteiger partial charge in [0.25, 0.3) is 0 Å². The van der Waals surface area contributed by atoms with Crippen LogP contribution in [0.4, 0.5) is 10.2 Å². The first-order valence-corrected chi connectivity index (χ1v) is 6.56. The van der Waals surface area contributed by atoms with Gasteiger partial charge >= 0.3 is 0 Å². The number of pyridine rings is 1. The first-order chi connectivity index (χ1) is 8.56. The van der Waals surface area contributed by atoms with Crippen molar-refractivity contribution in [3.05, 3.63) is 57.4 Å². The third kappa shape index (κ3) is 3.21. The maximum atomic E-state index is 13.6. The Bertz CT molecular complexity index is 562. The van der Waals surface area contributed by atoms with Gasteiger partial charge in [-0.05, 0) is 30.7 Å². The lowest BCUT2D eigenvalue weighted by atomic mass is 10.1. The zero-order valence-electron chi connectivity index (χ0n) is 9.62. The number of anilines is 1. The molecule has 0 saturated carbocycles. The molecule has 2 aromatic rings. The van der Waals surface area contributed by atoms with E-state index in [4.69, 9.17) is 11.6 Å². The highest BCUT2D eigenvalue weighted by Crippen LogP contribution is 2.23. The third-order valence-corrected chi connectivity index (χ3v) is 3.21. The van der Waals surface area contributed by atoms with Gasteiger partial charge in [0.15, 0.2) is 11.6 Å². The smallest absolute Gasteiger partial charge is 0.166 e. The van der Waals surface area contributed by atoms with Gasteiger partial charge in [-0.25, -0.2) is 9.37 Å². The molecule has 0 amide bonds. The molecule has 1 atom stereocenters. The lowest BCUT2D eigenvalue weighted by molar-refractivity contribution is 0.621. The summed E-state index contributed by atoms with van der Waals surface area (Å²) in [5.74, 6) is -0.253. The standard InChI is InChI=1S/C13H11BrClFN2/c1-8(9-3-2-4-10(14)5-9)18-13-12(16)6-11(15)7-17-13/h2-8H,1H3,(H,17,18). The van der Waals surface area contributed by atoms with Crippen LogP contribution in [0.2, 0.25) is 5.02 Å². The molecule has 1 aromatic heterocycles. The van der Waals surface area contributed by atoms with Crippen LogP contribution in [0.25, 0.3) is 0 Å². The van der Waals surface area contributed by atoms with Crippen molar-refractivity contribution >= 4 is 33.3 Å². The molecule has 1 unspecified atom stereocenters. The molecule has 0 aliphatic carbocycles. The third-order valence-electron chi connectivity index (χ3n) is 2.51. The zero-order valence-corrected chi connectivity index (χ0v) is 12.0. The van der Waals surface area contributed by atoms with Crippen molar-refractivity contribution in [3.63, 3.8) is 0 Å². The second-order valence-corrected chi connectivity index (χ2v) is 5.26. The molecule has 0 spiro atoms. The average molecular weight is 330 g/mol. The van der Waals surface area contributed by atoms with Gasteiger partial charge in [-0.3, -0.25) is 0 Å². The fourth-order valence-electron chi connectivity index (χ4n) is 1.59. The molecular formula is C13H11BrClFN2. The number of halogens is 3. The Balaban J connectivity index is 2.18. The summed E-state index contributed by atoms with van der Waals surface area (Å²) in [5.41, 5.74) is 1.04. The van der Waals surface area contributed by atoms with Crippen molar-refractivity contribution in [2.75, 3.05) is 5.32 Å². The number of benzene rings is 1. The summed E-state index contributed by atoms with van der Waals surface area (Å²) in [6.45, 7) is 1.94. The minimum absolute atomic E-state index is 0.0503. The first-order valence-electron chi connectivity index (χ1n) is 5.39. The molecule has 2 rings (SSSR count). The van der Waals surface area contributed by atoms with Crippen molar-refractivity contribution in [1.29, 1.82) is 0 Å². The number of rotatable bonds is 3. The van der Waals surface area contributed by atoms with Gasteiger partial charge in [0.1, 0.15) is 0 Å². The van der Waals surface area contributed by atoms with E-state index in [1.54, 1.807) is 0 Å². The highest BCUT2D eigenvalue weighted by atomic mass is 79.9. The van der Waals surface area contributed by atoms with E-state index >= 15 is 0 Å². The molecule has 18 heavy (non-hydrogen) atoms. The van der Waals surface area contributed by atoms with E-state index in [9.17, 15) is 4.39 Å². The van der Waals surface area contributed by atoms with E-state index in [0.717, 1.165) is 10.0 Å². The summed E-state index contributed by atoms with van der Waals surface area (Å²) in [7, 11) is 0. The summed E-state index contributed by atoms with van der Waals surface area (Å²) < 4.78 is 14.6. The topological polar surface area (TPSA) is 24.9 Å². The van der Waals surface area contributed by atoms with Crippen LogP contribution in [-0.2, 0) is 0 Å². The number of nitrogens with zero attached hydrogens (tertiary/aromatic N) is 1. The molecule has 0 aliphatic heterocycles. The fraction of sp³-hybridized carbons (Fsp3) is 0.154. The normalized spacial score (nSPS) is 12.2. The summed E-state index contributed by atoms with van der Waals surface area (Å²) in [6.07, 6.45) is 1.42. The number of nitrogens with one attached hydrogen (secondary N) is 1. The van der Waals surface area contributed by atoms with Gasteiger partial charge in [-0.1, -0.05) is 39.7 Å². The Labute approximate surface area is 118 Å². The Hall–Kier alpha value is -1.13. The largest absolute Gasteiger partial charge is 0.361 e. The van der Waals surface area contributed by atoms with Gasteiger partial charge in [0, 0.05) is 10.7 Å². The lowest BCUT2D eigenvalue weighted by Gasteiger charge is -2.15. The Kier molecular flexibility index (Phi) is 4.19. The van der Waals surface area contributed by atoms with Gasteiger partial charge in [-0.2, -0.15) is 0 Å². The number of hydrogen-bond acceptors (Lipinski definition) is 2. The Morgan fingerprint density at radius 2 is 2.17 bits per heavy atom. The summed E-state index contributed by atoms with van der Waals surface area (Å²) in [6, 6.07) is 9.01. The lowest BCUT2D eigenvalue weighted by Crippen LogP contribution is -2.09. The van der Waals surface area contributed by atoms with Gasteiger partial charge in [0.2, 0.25) is 0 Å². The highest BCUT2D eigenvalue weighted by Gasteiger charge is 2.10. The minimum Gasteiger partial charge on any atom is -0.361 e. The van der Waals surface area contributed by atoms with Gasteiger partial charge < -0.3 is 5.32 Å². The fourth-order valence-corrected chi connectivity index (χ4v) is 2.15. The molecule has 1 heterocycles. The van der Waals surface area contributed by atoms with Crippen molar-refractivity contribution in [3.8, 4) is 0 Å². The molecule has 0 aliphatic rings. The predicted molar refractivity (Wildman–Crippen MR) is 75.4 cm³/mol. The van der Waals surface area contributed by atoms with E-state index in [1.165, 1.54) is 12.3 Å². The molecule has 94 valence electrons. The van der Waals surface area contributed by atoms with Crippen LogP contribution in [0.3, 0.4) is 0 Å². The van der Waals surface area contributed by atoms with Crippen LogP contribution in [0.15, 0.2) is 41.0 Å². The molecular weight excluding hydrogens is 319 g/mol. The predicted octanol–water partition coefficient (Wildman–Crippen LogP) is 4.81. The Morgan fingerprint density at radius 3 is 2.83 bits per heavy atom. The molecule has 0 fully saturated rings. The maximum Gasteiger partial charge on any atom is 0.166 e. The quantitative estimate of drug-likeness (QED) is 0.874. The van der Waals surface area contributed by atoms with Crippen LogP contribution in [-0.4, -0.2) is 4.98 Å². The van der Waals surface area contributed by atoms with E-state index in [-0.39, 0.29) is 16.9 Å². The van der Waals surface area contributed by atoms with Crippen LogP contribution in [0, 0.1) is 5.82 Å². The molecule has 1 aromatic carbocycles. The highest BCUT2D eigenvalue weighted by molar-refractivity contribution is 9.10. The van der Waals surface area contributed by atoms with E-state index in [2.05, 4.69) is 26.2 Å². The summed E-state index contributed by atoms with van der Waals surface area (Å²) >= 11 is 9.06. The van der Waals surface area contributed by atoms with Gasteiger partial charge in [0.05, 0.1) is 11.1 Å². The maximum absolute atomic E-state index is 13.6. The van der Waals surface area contributed by atoms with Crippen LogP contribution < -0.4 is 5.32 Å². The molecule has 0 radical (unpaired) electrons. The van der Waals surface area contributed by atoms with Crippen molar-refractivity contribution < 1.29 is 4.39 Å². The molecule has 0 saturated heterocycles. The number of aromatic nitrogens is 1. The first kappa shape index (κ1) is 13.3. The van der Waals surface area contributed by atoms with E-state index < -0.39 is 5.82 Å². The second kappa shape index (κ2) is 5.67. The van der Waals surface area contributed by atoms with Crippen LogP contribution in [0.5, 0.6) is 0 Å². The van der Waals surface area contributed by atoms with Crippen LogP contribution >= 0.6 is 27.5 Å². The minimum atomic E-state index is -0.454. The SMILES string of the molecule is CC(Nc1ncc(Cl)cc1F)c1cccc(Br)c1. The van der Waals surface area contributed by atoms with Crippen molar-refractivity contribution in [2.45, 2.75) is 13.0 Å². The monoisotopic (exact) mass is 328 g/mol. The Morgan fingerprint density at radius 1 is 1.39 bits per heavy atom. The molecule has 0 bridgehead atoms. The summed E-state index contributed by atoms with van der Waals surface area (Å²) in [5, 5.41) is 3.30. The van der Waals surface area contributed by atoms with Crippen LogP contribution in [0.1, 0.15) is 18.5 Å². The second-order valence-electron chi connectivity index (χ2n) is 3.90. The zero-order chi connectivity index (χ0) is 13.1. The van der Waals surface area contributed by atoms with Crippen molar-refractivity contribution in [1.82, 2.24) is 4.98 Å². The molecule has 1 N–H and O–H groups in total. The number of hydrogen-bond donors (Lipinski definition) is 1. The van der Waals surface area contributed by atoms with Crippen molar-refractivity contribution in [2.24, 2.45) is 0 Å². The van der Waals surface area contributed by atoms with E-state index in [1.807, 2.05) is 31.2 Å². The molecule has 2 nitrogen and oxygen atoms in total. The van der Waals surface area contributed by atoms with E-state index in [0.29, 0.717) is 0 Å². The molecule has 5 heteroatoms. The average Bonchev–Trinajstić information content (AvgIpc) is 2.32. The summed E-state index contributed by atoms with van der Waals surface area (Å²) in [4.78, 5) is 3.94.